The predicted octanol–water partition coefficient (Wildman–Crippen LogP) is 0.00590. The van der Waals surface area contributed by atoms with E-state index in [9.17, 15) is 19.8 Å². The van der Waals surface area contributed by atoms with Crippen molar-refractivity contribution in [2.45, 2.75) is 12.7 Å². The van der Waals surface area contributed by atoms with Gasteiger partial charge in [-0.1, -0.05) is 18.1 Å². The molecule has 29 heavy (non-hydrogen) atoms. The highest BCUT2D eigenvalue weighted by atomic mass is 16.5. The number of aromatic nitrogens is 3. The second-order valence-electron chi connectivity index (χ2n) is 6.29. The van der Waals surface area contributed by atoms with Crippen LogP contribution in [0.3, 0.4) is 0 Å². The van der Waals surface area contributed by atoms with Gasteiger partial charge in [0.15, 0.2) is 11.5 Å². The molecule has 2 aromatic heterocycles. The Hall–Kier alpha value is -3.74. The first-order valence-electron chi connectivity index (χ1n) is 8.72. The van der Waals surface area contributed by atoms with Crippen LogP contribution >= 0.6 is 0 Å². The topological polar surface area (TPSA) is 134 Å². The van der Waals surface area contributed by atoms with Crippen LogP contribution in [0.25, 0.3) is 16.9 Å². The number of nitrogens with zero attached hydrogens (tertiary/aromatic N) is 4. The van der Waals surface area contributed by atoms with Crippen LogP contribution in [-0.4, -0.2) is 60.9 Å². The first-order chi connectivity index (χ1) is 13.7. The number of imidazole rings is 1. The fourth-order valence-corrected chi connectivity index (χ4v) is 2.66. The van der Waals surface area contributed by atoms with Crippen molar-refractivity contribution in [3.63, 3.8) is 0 Å². The molecule has 2 amide bonds. The Kier molecular flexibility index (Phi) is 5.32. The number of hydrogen-bond acceptors (Lipinski definition) is 6. The molecule has 0 aliphatic heterocycles. The number of rotatable bonds is 4. The van der Waals surface area contributed by atoms with Gasteiger partial charge in [0.2, 0.25) is 0 Å². The summed E-state index contributed by atoms with van der Waals surface area (Å²) in [5.41, 5.74) is 6.94. The zero-order valence-electron chi connectivity index (χ0n) is 15.8. The highest BCUT2D eigenvalue weighted by molar-refractivity contribution is 5.98. The molecule has 0 spiro atoms. The fraction of sp³-hybridized carbons (Fsp3) is 0.200. The number of primary amides is 1. The molecule has 148 valence electrons. The molecule has 0 bridgehead atoms. The van der Waals surface area contributed by atoms with Crippen molar-refractivity contribution in [1.29, 1.82) is 0 Å². The van der Waals surface area contributed by atoms with Crippen molar-refractivity contribution in [3.05, 3.63) is 53.9 Å². The number of carbonyl (C=O) groups is 2. The zero-order valence-corrected chi connectivity index (χ0v) is 15.8. The lowest BCUT2D eigenvalue weighted by molar-refractivity contribution is -0.175. The van der Waals surface area contributed by atoms with E-state index in [2.05, 4.69) is 21.9 Å². The number of aliphatic hydroxyl groups is 2. The number of fused-ring (bicyclic) bond motifs is 1. The van der Waals surface area contributed by atoms with Gasteiger partial charge in [-0.15, -0.1) is 0 Å². The maximum Gasteiger partial charge on any atom is 0.311 e. The maximum absolute atomic E-state index is 12.0. The third-order valence-corrected chi connectivity index (χ3v) is 4.27. The first-order valence-corrected chi connectivity index (χ1v) is 8.72. The Labute approximate surface area is 166 Å². The van der Waals surface area contributed by atoms with Crippen LogP contribution in [0.5, 0.6) is 0 Å². The van der Waals surface area contributed by atoms with Crippen LogP contribution in [0.1, 0.15) is 23.0 Å². The molecule has 3 rings (SSSR count). The number of carbonyl (C=O) groups excluding carboxylic acids is 2. The summed E-state index contributed by atoms with van der Waals surface area (Å²) in [5.74, 6) is 0.741. The number of likely N-dealkylation sites (N-methyl/N-ethyl adjacent to an activating group) is 1. The lowest BCUT2D eigenvalue weighted by Gasteiger charge is -2.21. The molecule has 0 aliphatic carbocycles. The summed E-state index contributed by atoms with van der Waals surface area (Å²) in [4.78, 5) is 29.1. The molecule has 0 atom stereocenters. The Bertz CT molecular complexity index is 1160. The standard InChI is InChI=1S/C20H19N5O4/c1-3-24(2)19(27)20(28,29)10-9-13-6-4-7-14(12-13)18-23-16(17(21)26)15-8-5-11-22-25(15)18/h4-8,11-12,28-29H,3H2,1-2H3,(H2,21,26). The minimum absolute atomic E-state index is 0.0857. The molecule has 0 unspecified atom stereocenters. The van der Waals surface area contributed by atoms with E-state index in [0.717, 1.165) is 4.90 Å². The summed E-state index contributed by atoms with van der Waals surface area (Å²) < 4.78 is 1.48. The maximum atomic E-state index is 12.0. The normalized spacial score (nSPS) is 11.0. The monoisotopic (exact) mass is 393 g/mol. The van der Waals surface area contributed by atoms with Gasteiger partial charge in [-0.3, -0.25) is 9.59 Å². The van der Waals surface area contributed by atoms with Crippen LogP contribution in [0.2, 0.25) is 0 Å². The quantitative estimate of drug-likeness (QED) is 0.422. The second-order valence-corrected chi connectivity index (χ2v) is 6.29. The Morgan fingerprint density at radius 3 is 2.72 bits per heavy atom. The van der Waals surface area contributed by atoms with Crippen LogP contribution in [0, 0.1) is 11.8 Å². The minimum atomic E-state index is -2.80. The van der Waals surface area contributed by atoms with E-state index in [-0.39, 0.29) is 5.69 Å². The van der Waals surface area contributed by atoms with Crippen LogP contribution in [0.4, 0.5) is 0 Å². The first kappa shape index (κ1) is 20.0. The Morgan fingerprint density at radius 1 is 1.28 bits per heavy atom. The molecule has 0 radical (unpaired) electrons. The third kappa shape index (κ3) is 3.94. The molecule has 9 nitrogen and oxygen atoms in total. The Balaban J connectivity index is 2.02. The molecule has 3 aromatic rings. The van der Waals surface area contributed by atoms with E-state index in [4.69, 9.17) is 5.73 Å². The number of benzene rings is 1. The summed E-state index contributed by atoms with van der Waals surface area (Å²) in [6, 6.07) is 10.0. The molecule has 0 aliphatic rings. The van der Waals surface area contributed by atoms with Crippen molar-refractivity contribution >= 4 is 17.3 Å². The van der Waals surface area contributed by atoms with E-state index < -0.39 is 17.6 Å². The van der Waals surface area contributed by atoms with Gasteiger partial charge in [0.05, 0.1) is 5.52 Å². The highest BCUT2D eigenvalue weighted by Gasteiger charge is 2.33. The smallest absolute Gasteiger partial charge is 0.311 e. The Morgan fingerprint density at radius 2 is 2.03 bits per heavy atom. The lowest BCUT2D eigenvalue weighted by atomic mass is 10.1. The molecule has 9 heteroatoms. The number of nitrogens with two attached hydrogens (primary N) is 1. The van der Waals surface area contributed by atoms with Gasteiger partial charge in [0.1, 0.15) is 0 Å². The fourth-order valence-electron chi connectivity index (χ4n) is 2.66. The van der Waals surface area contributed by atoms with E-state index in [0.29, 0.717) is 29.0 Å². The van der Waals surface area contributed by atoms with Gasteiger partial charge in [0.25, 0.3) is 11.8 Å². The zero-order chi connectivity index (χ0) is 21.2. The molecule has 0 saturated carbocycles. The lowest BCUT2D eigenvalue weighted by Crippen LogP contribution is -2.46. The van der Waals surface area contributed by atoms with E-state index >= 15 is 0 Å². The molecule has 4 N–H and O–H groups in total. The molecular weight excluding hydrogens is 374 g/mol. The number of hydrogen-bond donors (Lipinski definition) is 3. The largest absolute Gasteiger partial charge is 0.364 e. The summed E-state index contributed by atoms with van der Waals surface area (Å²) in [7, 11) is 1.44. The van der Waals surface area contributed by atoms with Crippen LogP contribution in [0.15, 0.2) is 42.6 Å². The minimum Gasteiger partial charge on any atom is -0.364 e. The van der Waals surface area contributed by atoms with Gasteiger partial charge < -0.3 is 20.8 Å². The van der Waals surface area contributed by atoms with Crippen molar-refractivity contribution in [2.75, 3.05) is 13.6 Å². The van der Waals surface area contributed by atoms with Crippen LogP contribution < -0.4 is 5.73 Å². The van der Waals surface area contributed by atoms with Crippen molar-refractivity contribution in [1.82, 2.24) is 19.5 Å². The summed E-state index contributed by atoms with van der Waals surface area (Å²) >= 11 is 0. The average molecular weight is 393 g/mol. The highest BCUT2D eigenvalue weighted by Crippen LogP contribution is 2.22. The summed E-state index contributed by atoms with van der Waals surface area (Å²) in [5, 5.41) is 24.1. The van der Waals surface area contributed by atoms with Gasteiger partial charge in [0, 0.05) is 30.9 Å². The van der Waals surface area contributed by atoms with Crippen molar-refractivity contribution < 1.29 is 19.8 Å². The second kappa shape index (κ2) is 7.71. The molecular formula is C20H19N5O4. The SMILES string of the molecule is CCN(C)C(=O)C(O)(O)C#Cc1cccc(-c2nc(C(N)=O)c3cccnn23)c1. The van der Waals surface area contributed by atoms with Gasteiger partial charge >= 0.3 is 5.79 Å². The van der Waals surface area contributed by atoms with Gasteiger partial charge in [-0.05, 0) is 37.1 Å². The van der Waals surface area contributed by atoms with Gasteiger partial charge in [-0.2, -0.15) is 5.10 Å². The molecule has 0 fully saturated rings. The van der Waals surface area contributed by atoms with Gasteiger partial charge in [-0.25, -0.2) is 9.50 Å². The van der Waals surface area contributed by atoms with Crippen LogP contribution in [-0.2, 0) is 4.79 Å². The molecule has 2 heterocycles. The van der Waals surface area contributed by atoms with E-state index in [1.807, 2.05) is 0 Å². The predicted molar refractivity (Wildman–Crippen MR) is 104 cm³/mol. The average Bonchev–Trinajstić information content (AvgIpc) is 3.11. The molecule has 0 saturated heterocycles. The van der Waals surface area contributed by atoms with Crippen molar-refractivity contribution in [3.8, 4) is 23.2 Å². The third-order valence-electron chi connectivity index (χ3n) is 4.27. The summed E-state index contributed by atoms with van der Waals surface area (Å²) in [6.07, 6.45) is 1.55. The number of amides is 2. The van der Waals surface area contributed by atoms with E-state index in [1.54, 1.807) is 49.5 Å². The molecule has 1 aromatic carbocycles. The summed E-state index contributed by atoms with van der Waals surface area (Å²) in [6.45, 7) is 2.01. The van der Waals surface area contributed by atoms with Crippen molar-refractivity contribution in [2.24, 2.45) is 5.73 Å². The van der Waals surface area contributed by atoms with E-state index in [1.165, 1.54) is 11.6 Å².